The van der Waals surface area contributed by atoms with Crippen molar-refractivity contribution in [3.8, 4) is 0 Å². The van der Waals surface area contributed by atoms with Gasteiger partial charge in [-0.05, 0) is 37.5 Å². The summed E-state index contributed by atoms with van der Waals surface area (Å²) < 4.78 is 0. The highest BCUT2D eigenvalue weighted by Crippen LogP contribution is 2.11. The molecule has 0 unspecified atom stereocenters. The lowest BCUT2D eigenvalue weighted by atomic mass is 10.1. The predicted octanol–water partition coefficient (Wildman–Crippen LogP) is 3.46. The van der Waals surface area contributed by atoms with Crippen LogP contribution in [0.15, 0.2) is 24.3 Å². The van der Waals surface area contributed by atoms with Gasteiger partial charge in [0.25, 0.3) is 0 Å². The van der Waals surface area contributed by atoms with E-state index in [1.807, 2.05) is 0 Å². The summed E-state index contributed by atoms with van der Waals surface area (Å²) in [7, 11) is 0. The van der Waals surface area contributed by atoms with E-state index in [4.69, 9.17) is 0 Å². The zero-order valence-electron chi connectivity index (χ0n) is 8.80. The van der Waals surface area contributed by atoms with Crippen molar-refractivity contribution >= 4 is 5.69 Å². The highest BCUT2D eigenvalue weighted by molar-refractivity contribution is 5.45. The molecule has 1 atom stereocenters. The lowest BCUT2D eigenvalue weighted by Crippen LogP contribution is -2.13. The molecule has 0 fully saturated rings. The summed E-state index contributed by atoms with van der Waals surface area (Å²) in [4.78, 5) is 0. The average Bonchev–Trinajstić information content (AvgIpc) is 2.19. The monoisotopic (exact) mass is 177 g/mol. The molecule has 0 heterocycles. The lowest BCUT2D eigenvalue weighted by molar-refractivity contribution is 0.764. The minimum atomic E-state index is 0.562. The maximum absolute atomic E-state index is 3.44. The molecule has 0 saturated heterocycles. The van der Waals surface area contributed by atoms with E-state index in [0.29, 0.717) is 6.04 Å². The first kappa shape index (κ1) is 10.1. The van der Waals surface area contributed by atoms with Gasteiger partial charge in [-0.2, -0.15) is 0 Å². The molecule has 1 nitrogen and oxygen atoms in total. The quantitative estimate of drug-likeness (QED) is 0.742. The van der Waals surface area contributed by atoms with Gasteiger partial charge in [0, 0.05) is 11.7 Å². The molecule has 0 bridgehead atoms. The Labute approximate surface area is 81.2 Å². The third-order valence-electron chi connectivity index (χ3n) is 2.39. The van der Waals surface area contributed by atoms with E-state index in [9.17, 15) is 0 Å². The molecular formula is C12H19N. The molecule has 0 amide bonds. The van der Waals surface area contributed by atoms with Gasteiger partial charge in [0.2, 0.25) is 0 Å². The number of rotatable bonds is 4. The number of aryl methyl sites for hydroxylation is 1. The minimum absolute atomic E-state index is 0.562. The van der Waals surface area contributed by atoms with Gasteiger partial charge >= 0.3 is 0 Å². The highest BCUT2D eigenvalue weighted by Gasteiger charge is 1.97. The van der Waals surface area contributed by atoms with Crippen molar-refractivity contribution in [3.05, 3.63) is 29.8 Å². The van der Waals surface area contributed by atoms with Crippen LogP contribution in [-0.2, 0) is 6.42 Å². The highest BCUT2D eigenvalue weighted by atomic mass is 14.9. The molecule has 1 heteroatoms. The third kappa shape index (κ3) is 3.10. The van der Waals surface area contributed by atoms with Gasteiger partial charge in [-0.15, -0.1) is 0 Å². The van der Waals surface area contributed by atoms with Crippen LogP contribution in [-0.4, -0.2) is 6.04 Å². The summed E-state index contributed by atoms with van der Waals surface area (Å²) in [6, 6.07) is 9.25. The van der Waals surface area contributed by atoms with Crippen LogP contribution in [0.5, 0.6) is 0 Å². The molecule has 72 valence electrons. The largest absolute Gasteiger partial charge is 0.383 e. The van der Waals surface area contributed by atoms with Crippen molar-refractivity contribution in [1.82, 2.24) is 0 Å². The molecule has 13 heavy (non-hydrogen) atoms. The zero-order valence-corrected chi connectivity index (χ0v) is 8.80. The number of hydrogen-bond acceptors (Lipinski definition) is 1. The molecule has 0 saturated carbocycles. The molecule has 1 N–H and O–H groups in total. The van der Waals surface area contributed by atoms with Crippen molar-refractivity contribution in [2.45, 2.75) is 39.7 Å². The van der Waals surface area contributed by atoms with Crippen molar-refractivity contribution in [1.29, 1.82) is 0 Å². The second-order valence-electron chi connectivity index (χ2n) is 3.50. The predicted molar refractivity (Wildman–Crippen MR) is 59.2 cm³/mol. The molecule has 1 aromatic rings. The minimum Gasteiger partial charge on any atom is -0.383 e. The van der Waals surface area contributed by atoms with Gasteiger partial charge in [0.1, 0.15) is 0 Å². The van der Waals surface area contributed by atoms with Crippen LogP contribution >= 0.6 is 0 Å². The van der Waals surface area contributed by atoms with E-state index in [2.05, 4.69) is 50.4 Å². The van der Waals surface area contributed by atoms with Gasteiger partial charge in [-0.3, -0.25) is 0 Å². The zero-order chi connectivity index (χ0) is 9.68. The Bertz CT molecular complexity index is 238. The van der Waals surface area contributed by atoms with E-state index < -0.39 is 0 Å². The number of hydrogen-bond donors (Lipinski definition) is 1. The Hall–Kier alpha value is -0.980. The molecule has 0 spiro atoms. The fourth-order valence-corrected chi connectivity index (χ4v) is 1.22. The van der Waals surface area contributed by atoms with E-state index in [-0.39, 0.29) is 0 Å². The first-order chi connectivity index (χ1) is 6.26. The van der Waals surface area contributed by atoms with Crippen LogP contribution < -0.4 is 5.32 Å². The van der Waals surface area contributed by atoms with Gasteiger partial charge in [-0.1, -0.05) is 26.0 Å². The van der Waals surface area contributed by atoms with Crippen LogP contribution in [0.2, 0.25) is 0 Å². The van der Waals surface area contributed by atoms with Gasteiger partial charge in [0.05, 0.1) is 0 Å². The topological polar surface area (TPSA) is 12.0 Å². The number of nitrogens with one attached hydrogen (secondary N) is 1. The summed E-state index contributed by atoms with van der Waals surface area (Å²) in [6.07, 6.45) is 2.28. The standard InChI is InChI=1S/C12H19N/c1-4-10(3)13-12-8-6-11(5-2)7-9-12/h6-10,13H,4-5H2,1-3H3/t10-/m0/s1. The average molecular weight is 177 g/mol. The van der Waals surface area contributed by atoms with Gasteiger partial charge in [-0.25, -0.2) is 0 Å². The van der Waals surface area contributed by atoms with Crippen LogP contribution in [0.25, 0.3) is 0 Å². The normalized spacial score (nSPS) is 12.5. The van der Waals surface area contributed by atoms with Crippen molar-refractivity contribution < 1.29 is 0 Å². The van der Waals surface area contributed by atoms with E-state index >= 15 is 0 Å². The molecule has 0 aliphatic heterocycles. The molecule has 0 radical (unpaired) electrons. The maximum atomic E-state index is 3.44. The molecule has 0 aliphatic rings. The summed E-state index contributed by atoms with van der Waals surface area (Å²) in [5.74, 6) is 0. The summed E-state index contributed by atoms with van der Waals surface area (Å²) >= 11 is 0. The van der Waals surface area contributed by atoms with Gasteiger partial charge < -0.3 is 5.32 Å². The number of benzene rings is 1. The number of anilines is 1. The molecular weight excluding hydrogens is 158 g/mol. The molecule has 1 aromatic carbocycles. The fraction of sp³-hybridized carbons (Fsp3) is 0.500. The summed E-state index contributed by atoms with van der Waals surface area (Å²) in [6.45, 7) is 6.57. The molecule has 0 aliphatic carbocycles. The second kappa shape index (κ2) is 4.90. The van der Waals surface area contributed by atoms with Gasteiger partial charge in [0.15, 0.2) is 0 Å². The van der Waals surface area contributed by atoms with Crippen LogP contribution in [0, 0.1) is 0 Å². The van der Waals surface area contributed by atoms with Crippen LogP contribution in [0.1, 0.15) is 32.8 Å². The lowest BCUT2D eigenvalue weighted by Gasteiger charge is -2.12. The van der Waals surface area contributed by atoms with Crippen molar-refractivity contribution in [2.75, 3.05) is 5.32 Å². The second-order valence-corrected chi connectivity index (χ2v) is 3.50. The Morgan fingerprint density at radius 3 is 2.23 bits per heavy atom. The smallest absolute Gasteiger partial charge is 0.0342 e. The van der Waals surface area contributed by atoms with Crippen molar-refractivity contribution in [3.63, 3.8) is 0 Å². The third-order valence-corrected chi connectivity index (χ3v) is 2.39. The van der Waals surface area contributed by atoms with E-state index in [1.165, 1.54) is 11.3 Å². The van der Waals surface area contributed by atoms with E-state index in [1.54, 1.807) is 0 Å². The summed E-state index contributed by atoms with van der Waals surface area (Å²) in [5.41, 5.74) is 2.63. The van der Waals surface area contributed by atoms with E-state index in [0.717, 1.165) is 12.8 Å². The molecule has 0 aromatic heterocycles. The summed E-state index contributed by atoms with van der Waals surface area (Å²) in [5, 5.41) is 3.44. The first-order valence-electron chi connectivity index (χ1n) is 5.11. The SMILES string of the molecule is CCc1ccc(N[C@@H](C)CC)cc1. The van der Waals surface area contributed by atoms with Crippen LogP contribution in [0.4, 0.5) is 5.69 Å². The maximum Gasteiger partial charge on any atom is 0.0342 e. The Morgan fingerprint density at radius 1 is 1.15 bits per heavy atom. The Balaban J connectivity index is 2.58. The van der Waals surface area contributed by atoms with Crippen LogP contribution in [0.3, 0.4) is 0 Å². The Kier molecular flexibility index (Phi) is 3.81. The first-order valence-corrected chi connectivity index (χ1v) is 5.11. The Morgan fingerprint density at radius 2 is 1.77 bits per heavy atom. The fourth-order valence-electron chi connectivity index (χ4n) is 1.22. The van der Waals surface area contributed by atoms with Crippen molar-refractivity contribution in [2.24, 2.45) is 0 Å². The molecule has 1 rings (SSSR count).